The van der Waals surface area contributed by atoms with Crippen LogP contribution >= 0.6 is 0 Å². The molecule has 1 N–H and O–H groups in total. The van der Waals surface area contributed by atoms with Crippen molar-refractivity contribution in [1.29, 1.82) is 0 Å². The van der Waals surface area contributed by atoms with Gasteiger partial charge in [0.25, 0.3) is 0 Å². The van der Waals surface area contributed by atoms with Crippen LogP contribution in [-0.2, 0) is 12.8 Å². The number of aliphatic hydroxyl groups excluding tert-OH is 1. The minimum absolute atomic E-state index is 0.0134. The number of aliphatic hydroxyl groups is 1. The molecule has 0 radical (unpaired) electrons. The second-order valence-electron chi connectivity index (χ2n) is 3.87. The summed E-state index contributed by atoms with van der Waals surface area (Å²) in [4.78, 5) is 3.59. The van der Waals surface area contributed by atoms with E-state index in [1.54, 1.807) is 0 Å². The molecule has 0 spiro atoms. The maximum atomic E-state index is 12.8. The smallest absolute Gasteiger partial charge is 0.421 e. The third kappa shape index (κ3) is 3.24. The molecule has 2 aromatic rings. The van der Waals surface area contributed by atoms with Crippen molar-refractivity contribution in [2.45, 2.75) is 12.8 Å². The van der Waals surface area contributed by atoms with Gasteiger partial charge in [0.1, 0.15) is 17.1 Å². The van der Waals surface area contributed by atoms with Crippen molar-refractivity contribution in [1.82, 2.24) is 4.98 Å². The molecule has 0 atom stereocenters. The molecule has 0 aliphatic rings. The molecule has 0 saturated carbocycles. The fraction of sp³-hybridized carbons (Fsp3) is 0.154. The van der Waals surface area contributed by atoms with Gasteiger partial charge in [0, 0.05) is 0 Å². The lowest BCUT2D eigenvalue weighted by Gasteiger charge is -2.13. The first kappa shape index (κ1) is 14.3. The number of aromatic nitrogens is 1. The van der Waals surface area contributed by atoms with Gasteiger partial charge in [-0.25, -0.2) is 9.37 Å². The molecule has 0 bridgehead atoms. The van der Waals surface area contributed by atoms with Crippen LogP contribution < -0.4 is 4.74 Å². The highest BCUT2D eigenvalue weighted by Crippen LogP contribution is 2.37. The molecule has 0 aliphatic heterocycles. The monoisotopic (exact) mass is 287 g/mol. The first-order valence-corrected chi connectivity index (χ1v) is 5.51. The Labute approximate surface area is 111 Å². The average molecular weight is 287 g/mol. The largest absolute Gasteiger partial charge is 0.438 e. The standard InChI is InChI=1S/C13H9F4NO2/c14-8-1-4-10(5-2-8)20-12-11(13(15,16)17)6-3-9(7-19)18-12/h1-6,19H,7H2. The highest BCUT2D eigenvalue weighted by Gasteiger charge is 2.35. The maximum Gasteiger partial charge on any atom is 0.421 e. The summed E-state index contributed by atoms with van der Waals surface area (Å²) in [7, 11) is 0. The van der Waals surface area contributed by atoms with Crippen LogP contribution in [0.2, 0.25) is 0 Å². The van der Waals surface area contributed by atoms with Crippen LogP contribution in [0, 0.1) is 5.82 Å². The molecule has 0 amide bonds. The quantitative estimate of drug-likeness (QED) is 0.878. The molecular weight excluding hydrogens is 278 g/mol. The summed E-state index contributed by atoms with van der Waals surface area (Å²) >= 11 is 0. The number of alkyl halides is 3. The van der Waals surface area contributed by atoms with Gasteiger partial charge in [-0.1, -0.05) is 0 Å². The van der Waals surface area contributed by atoms with E-state index in [4.69, 9.17) is 9.84 Å². The fourth-order valence-corrected chi connectivity index (χ4v) is 1.47. The van der Waals surface area contributed by atoms with Crippen molar-refractivity contribution < 1.29 is 27.4 Å². The van der Waals surface area contributed by atoms with Gasteiger partial charge >= 0.3 is 6.18 Å². The van der Waals surface area contributed by atoms with Gasteiger partial charge in [0.2, 0.25) is 5.88 Å². The predicted octanol–water partition coefficient (Wildman–Crippen LogP) is 3.52. The molecule has 2 rings (SSSR count). The van der Waals surface area contributed by atoms with E-state index >= 15 is 0 Å². The van der Waals surface area contributed by atoms with Gasteiger partial charge in [-0.05, 0) is 36.4 Å². The number of halogens is 4. The fourth-order valence-electron chi connectivity index (χ4n) is 1.47. The molecule has 3 nitrogen and oxygen atoms in total. The summed E-state index contributed by atoms with van der Waals surface area (Å²) in [5.41, 5.74) is -1.03. The van der Waals surface area contributed by atoms with Crippen LogP contribution in [0.3, 0.4) is 0 Å². The number of nitrogens with zero attached hydrogens (tertiary/aromatic N) is 1. The first-order chi connectivity index (χ1) is 9.40. The molecule has 20 heavy (non-hydrogen) atoms. The van der Waals surface area contributed by atoms with Crippen molar-refractivity contribution >= 4 is 0 Å². The van der Waals surface area contributed by atoms with Crippen molar-refractivity contribution in [3.63, 3.8) is 0 Å². The zero-order valence-electron chi connectivity index (χ0n) is 9.99. The van der Waals surface area contributed by atoms with Crippen molar-refractivity contribution in [3.05, 3.63) is 53.5 Å². The van der Waals surface area contributed by atoms with Gasteiger partial charge in [-0.15, -0.1) is 0 Å². The Morgan fingerprint density at radius 2 is 1.70 bits per heavy atom. The molecule has 0 unspecified atom stereocenters. The topological polar surface area (TPSA) is 42.4 Å². The Bertz CT molecular complexity index is 596. The maximum absolute atomic E-state index is 12.8. The highest BCUT2D eigenvalue weighted by atomic mass is 19.4. The van der Waals surface area contributed by atoms with E-state index in [2.05, 4.69) is 4.98 Å². The Morgan fingerprint density at radius 3 is 2.25 bits per heavy atom. The molecule has 0 fully saturated rings. The van der Waals surface area contributed by atoms with Crippen molar-refractivity contribution in [2.75, 3.05) is 0 Å². The minimum atomic E-state index is -4.64. The number of pyridine rings is 1. The minimum Gasteiger partial charge on any atom is -0.438 e. The van der Waals surface area contributed by atoms with Gasteiger partial charge in [0.15, 0.2) is 0 Å². The molecule has 106 valence electrons. The van der Waals surface area contributed by atoms with Crippen molar-refractivity contribution in [3.8, 4) is 11.6 Å². The lowest BCUT2D eigenvalue weighted by molar-refractivity contribution is -0.138. The summed E-state index contributed by atoms with van der Waals surface area (Å²) in [6.45, 7) is -0.516. The zero-order valence-corrected chi connectivity index (χ0v) is 9.99. The Kier molecular flexibility index (Phi) is 3.89. The summed E-state index contributed by atoms with van der Waals surface area (Å²) in [6.07, 6.45) is -4.64. The van der Waals surface area contributed by atoms with Crippen LogP contribution in [0.5, 0.6) is 11.6 Å². The Morgan fingerprint density at radius 1 is 1.05 bits per heavy atom. The predicted molar refractivity (Wildman–Crippen MR) is 61.6 cm³/mol. The van der Waals surface area contributed by atoms with Crippen LogP contribution in [-0.4, -0.2) is 10.1 Å². The Balaban J connectivity index is 2.40. The Hall–Kier alpha value is -2.15. The summed E-state index contributed by atoms with van der Waals surface area (Å²) in [5.74, 6) is -1.21. The zero-order chi connectivity index (χ0) is 14.8. The second kappa shape index (κ2) is 5.46. The number of hydrogen-bond acceptors (Lipinski definition) is 3. The number of rotatable bonds is 3. The van der Waals surface area contributed by atoms with Gasteiger partial charge in [-0.3, -0.25) is 0 Å². The van der Waals surface area contributed by atoms with E-state index in [0.717, 1.165) is 24.3 Å². The molecule has 0 aliphatic carbocycles. The van der Waals surface area contributed by atoms with Gasteiger partial charge in [0.05, 0.1) is 12.3 Å². The summed E-state index contributed by atoms with van der Waals surface area (Å²) in [5, 5.41) is 8.91. The van der Waals surface area contributed by atoms with Crippen LogP contribution in [0.15, 0.2) is 36.4 Å². The average Bonchev–Trinajstić information content (AvgIpc) is 2.40. The normalized spacial score (nSPS) is 11.4. The lowest BCUT2D eigenvalue weighted by atomic mass is 10.2. The van der Waals surface area contributed by atoms with Crippen LogP contribution in [0.1, 0.15) is 11.3 Å². The summed E-state index contributed by atoms with van der Waals surface area (Å²) in [6, 6.07) is 6.31. The molecule has 1 aromatic carbocycles. The summed E-state index contributed by atoms with van der Waals surface area (Å²) < 4.78 is 56.2. The van der Waals surface area contributed by atoms with E-state index < -0.39 is 30.0 Å². The molecule has 0 saturated heterocycles. The van der Waals surface area contributed by atoms with Crippen LogP contribution in [0.25, 0.3) is 0 Å². The van der Waals surface area contributed by atoms with E-state index in [-0.39, 0.29) is 11.4 Å². The first-order valence-electron chi connectivity index (χ1n) is 5.51. The number of ether oxygens (including phenoxy) is 1. The molecule has 7 heteroatoms. The third-order valence-corrected chi connectivity index (χ3v) is 2.41. The number of hydrogen-bond donors (Lipinski definition) is 1. The second-order valence-corrected chi connectivity index (χ2v) is 3.87. The SMILES string of the molecule is OCc1ccc(C(F)(F)F)c(Oc2ccc(F)cc2)n1. The lowest BCUT2D eigenvalue weighted by Crippen LogP contribution is -2.09. The number of benzene rings is 1. The van der Waals surface area contributed by atoms with Crippen LogP contribution in [0.4, 0.5) is 17.6 Å². The van der Waals surface area contributed by atoms with E-state index in [0.29, 0.717) is 0 Å². The molecule has 1 aromatic heterocycles. The van der Waals surface area contributed by atoms with E-state index in [9.17, 15) is 17.6 Å². The van der Waals surface area contributed by atoms with E-state index in [1.807, 2.05) is 0 Å². The molecular formula is C13H9F4NO2. The third-order valence-electron chi connectivity index (χ3n) is 2.41. The highest BCUT2D eigenvalue weighted by molar-refractivity contribution is 5.35. The van der Waals surface area contributed by atoms with E-state index in [1.165, 1.54) is 12.1 Å². The van der Waals surface area contributed by atoms with Gasteiger partial charge in [-0.2, -0.15) is 13.2 Å². The molecule has 1 heterocycles. The van der Waals surface area contributed by atoms with Crippen molar-refractivity contribution in [2.24, 2.45) is 0 Å². The van der Waals surface area contributed by atoms with Gasteiger partial charge < -0.3 is 9.84 Å².